The molecule has 3 fully saturated rings. The number of allylic oxidation sites excluding steroid dienone is 1. The summed E-state index contributed by atoms with van der Waals surface area (Å²) in [7, 11) is 4.01. The SMILES string of the molecule is CCCCCCCCCCCCCCCCCOCC(COP(=O)(O)CCC[N+](C)(C)C)OC(=O)CCCCCCCCC(=O)O[C@@H]1CC[C@]2(CO2)[C@@H]([C@@]2(C)OC2CC=C(C)C)[C@@H]1OC. The summed E-state index contributed by atoms with van der Waals surface area (Å²) in [5.41, 5.74) is 0.658. The summed E-state index contributed by atoms with van der Waals surface area (Å²) >= 11 is 0. The fourth-order valence-corrected chi connectivity index (χ4v) is 10.8. The predicted octanol–water partition coefficient (Wildman–Crippen LogP) is 11.8. The van der Waals surface area contributed by atoms with Crippen LogP contribution in [0.4, 0.5) is 0 Å². The van der Waals surface area contributed by atoms with Gasteiger partial charge in [0.15, 0.2) is 0 Å². The number of epoxide rings is 2. The number of nitrogens with zero attached hydrogens (tertiary/aromatic N) is 1. The summed E-state index contributed by atoms with van der Waals surface area (Å²) in [6.45, 7) is 10.6. The molecule has 3 aliphatic rings. The Hall–Kier alpha value is -1.37. The molecule has 1 saturated carbocycles. The molecule has 8 atom stereocenters. The van der Waals surface area contributed by atoms with Crippen LogP contribution in [0.25, 0.3) is 0 Å². The molecule has 0 aromatic heterocycles. The Balaban J connectivity index is 1.28. The quantitative estimate of drug-likeness (QED) is 0.0157. The molecule has 0 aromatic rings. The van der Waals surface area contributed by atoms with E-state index < -0.39 is 13.7 Å². The normalized spacial score (nSPS) is 25.2. The molecule has 2 saturated heterocycles. The van der Waals surface area contributed by atoms with Gasteiger partial charge in [0, 0.05) is 33.0 Å². The van der Waals surface area contributed by atoms with E-state index in [1.165, 1.54) is 89.0 Å². The van der Waals surface area contributed by atoms with Gasteiger partial charge in [-0.1, -0.05) is 134 Å². The molecule has 3 unspecified atom stereocenters. The molecular weight excluding hydrogens is 846 g/mol. The van der Waals surface area contributed by atoms with E-state index in [2.05, 4.69) is 33.8 Å². The van der Waals surface area contributed by atoms with E-state index in [1.54, 1.807) is 7.11 Å². The Morgan fingerprint density at radius 2 is 1.34 bits per heavy atom. The van der Waals surface area contributed by atoms with Gasteiger partial charge in [-0.15, -0.1) is 0 Å². The van der Waals surface area contributed by atoms with Gasteiger partial charge >= 0.3 is 19.5 Å². The van der Waals surface area contributed by atoms with Crippen molar-refractivity contribution in [2.45, 2.75) is 237 Å². The van der Waals surface area contributed by atoms with Crippen LogP contribution < -0.4 is 0 Å². The molecule has 0 bridgehead atoms. The molecule has 1 N–H and O–H groups in total. The standard InChI is InChI=1S/C52H96NO11P/c1-9-10-11-12-13-14-15-16-17-18-19-20-23-26-29-38-59-40-44(41-61-65(56,57)39-30-37-53(5,6)7)62-47(54)31-27-24-21-22-25-28-32-48(55)63-45-35-36-52(42-60-52)50(49(45)58-8)51(4)46(64-51)34-33-43(2)3/h33,44-46,49-50H,9-32,34-42H2,1-8H3/p+1/t44?,45-,46?,49-,50-,51+,52+/m1/s1. The van der Waals surface area contributed by atoms with Crippen LogP contribution in [0, 0.1) is 5.92 Å². The van der Waals surface area contributed by atoms with Crippen molar-refractivity contribution >= 4 is 19.5 Å². The first-order valence-corrected chi connectivity index (χ1v) is 28.0. The number of ether oxygens (including phenoxy) is 6. The minimum atomic E-state index is -3.83. The zero-order valence-electron chi connectivity index (χ0n) is 42.7. The summed E-state index contributed by atoms with van der Waals surface area (Å²) in [5.74, 6) is -0.528. The Kier molecular flexibility index (Phi) is 27.6. The minimum Gasteiger partial charge on any atom is -0.460 e. The average molecular weight is 943 g/mol. The number of unbranched alkanes of at least 4 members (excludes halogenated alkanes) is 19. The summed E-state index contributed by atoms with van der Waals surface area (Å²) < 4.78 is 55.1. The number of hydrogen-bond acceptors (Lipinski definition) is 10. The van der Waals surface area contributed by atoms with Crippen LogP contribution in [0.5, 0.6) is 0 Å². The van der Waals surface area contributed by atoms with Crippen molar-refractivity contribution in [2.24, 2.45) is 5.92 Å². The molecule has 1 aliphatic carbocycles. The van der Waals surface area contributed by atoms with Gasteiger partial charge in [-0.2, -0.15) is 0 Å². The summed E-state index contributed by atoms with van der Waals surface area (Å²) in [6, 6.07) is 0. The van der Waals surface area contributed by atoms with Crippen LogP contribution in [0.1, 0.15) is 201 Å². The van der Waals surface area contributed by atoms with E-state index in [0.717, 1.165) is 70.8 Å². The van der Waals surface area contributed by atoms with Crippen LogP contribution in [0.2, 0.25) is 0 Å². The molecule has 2 heterocycles. The summed E-state index contributed by atoms with van der Waals surface area (Å²) in [6.07, 6.45) is 29.2. The van der Waals surface area contributed by atoms with Gasteiger partial charge in [0.2, 0.25) is 0 Å². The van der Waals surface area contributed by atoms with E-state index in [4.69, 9.17) is 32.9 Å². The molecule has 12 nitrogen and oxygen atoms in total. The number of methoxy groups -OCH3 is 1. The molecule has 0 radical (unpaired) electrons. The van der Waals surface area contributed by atoms with Crippen molar-refractivity contribution < 1.29 is 56.5 Å². The maximum Gasteiger partial charge on any atom is 0.328 e. The zero-order valence-corrected chi connectivity index (χ0v) is 43.6. The van der Waals surface area contributed by atoms with Gasteiger partial charge in [-0.05, 0) is 59.3 Å². The van der Waals surface area contributed by atoms with E-state index >= 15 is 0 Å². The maximum absolute atomic E-state index is 13.0. The molecule has 65 heavy (non-hydrogen) atoms. The second kappa shape index (κ2) is 31.0. The maximum atomic E-state index is 13.0. The Bertz CT molecular complexity index is 1390. The van der Waals surface area contributed by atoms with Crippen LogP contribution in [-0.2, 0) is 47.1 Å². The minimum absolute atomic E-state index is 0.00693. The second-order valence-corrected chi connectivity index (χ2v) is 23.2. The first-order chi connectivity index (χ1) is 31.0. The average Bonchev–Trinajstić information content (AvgIpc) is 4.17. The van der Waals surface area contributed by atoms with Crippen LogP contribution in [0.15, 0.2) is 11.6 Å². The van der Waals surface area contributed by atoms with E-state index in [-0.39, 0.29) is 73.2 Å². The lowest BCUT2D eigenvalue weighted by Gasteiger charge is -2.42. The number of hydrogen-bond donors (Lipinski definition) is 1. The molecule has 1 spiro atoms. The number of rotatable bonds is 40. The number of quaternary nitrogens is 1. The Labute approximate surface area is 396 Å². The van der Waals surface area contributed by atoms with E-state index in [9.17, 15) is 19.0 Å². The van der Waals surface area contributed by atoms with Crippen molar-refractivity contribution in [2.75, 3.05) is 67.4 Å². The fraction of sp³-hybridized carbons (Fsp3) is 0.923. The van der Waals surface area contributed by atoms with Gasteiger partial charge in [-0.25, -0.2) is 0 Å². The lowest BCUT2D eigenvalue weighted by atomic mass is 9.68. The summed E-state index contributed by atoms with van der Waals surface area (Å²) in [4.78, 5) is 36.4. The number of carbonyl (C=O) groups is 2. The highest BCUT2D eigenvalue weighted by Gasteiger charge is 2.72. The molecule has 3 rings (SSSR count). The first-order valence-electron chi connectivity index (χ1n) is 26.3. The molecule has 380 valence electrons. The van der Waals surface area contributed by atoms with Crippen molar-refractivity contribution in [1.82, 2.24) is 0 Å². The van der Waals surface area contributed by atoms with Crippen LogP contribution in [-0.4, -0.2) is 124 Å². The molecule has 0 amide bonds. The van der Waals surface area contributed by atoms with Gasteiger partial charge in [0.25, 0.3) is 0 Å². The lowest BCUT2D eigenvalue weighted by Crippen LogP contribution is -2.55. The van der Waals surface area contributed by atoms with Crippen molar-refractivity contribution in [3.8, 4) is 0 Å². The van der Waals surface area contributed by atoms with E-state index in [0.29, 0.717) is 37.0 Å². The highest BCUT2D eigenvalue weighted by molar-refractivity contribution is 7.52. The molecular formula is C52H97NO11P+. The van der Waals surface area contributed by atoms with Crippen molar-refractivity contribution in [3.05, 3.63) is 11.6 Å². The van der Waals surface area contributed by atoms with Gasteiger partial charge in [0.1, 0.15) is 29.5 Å². The second-order valence-electron chi connectivity index (χ2n) is 21.2. The molecule has 13 heteroatoms. The third-order valence-electron chi connectivity index (χ3n) is 13.8. The molecule has 2 aliphatic heterocycles. The van der Waals surface area contributed by atoms with E-state index in [1.807, 2.05) is 21.1 Å². The number of carbonyl (C=O) groups excluding carboxylic acids is 2. The fourth-order valence-electron chi connectivity index (χ4n) is 9.70. The van der Waals surface area contributed by atoms with Crippen molar-refractivity contribution in [1.29, 1.82) is 0 Å². The zero-order chi connectivity index (χ0) is 47.6. The Morgan fingerprint density at radius 1 is 0.800 bits per heavy atom. The van der Waals surface area contributed by atoms with Crippen LogP contribution in [0.3, 0.4) is 0 Å². The van der Waals surface area contributed by atoms with Crippen LogP contribution >= 0.6 is 7.60 Å². The predicted molar refractivity (Wildman–Crippen MR) is 260 cm³/mol. The van der Waals surface area contributed by atoms with Crippen molar-refractivity contribution in [3.63, 3.8) is 0 Å². The third-order valence-corrected chi connectivity index (χ3v) is 15.2. The lowest BCUT2D eigenvalue weighted by molar-refractivity contribution is -0.870. The topological polar surface area (TPSA) is 143 Å². The highest BCUT2D eigenvalue weighted by Crippen LogP contribution is 2.59. The smallest absolute Gasteiger partial charge is 0.328 e. The van der Waals surface area contributed by atoms with Gasteiger partial charge in [-0.3, -0.25) is 14.2 Å². The largest absolute Gasteiger partial charge is 0.460 e. The molecule has 0 aromatic carbocycles. The highest BCUT2D eigenvalue weighted by atomic mass is 31.2. The first kappa shape index (κ1) is 57.9. The monoisotopic (exact) mass is 943 g/mol. The third kappa shape index (κ3) is 24.2. The van der Waals surface area contributed by atoms with Gasteiger partial charge in [0.05, 0.1) is 65.7 Å². The Morgan fingerprint density at radius 3 is 1.86 bits per heavy atom. The summed E-state index contributed by atoms with van der Waals surface area (Å²) in [5, 5.41) is 0. The van der Waals surface area contributed by atoms with Gasteiger partial charge < -0.3 is 42.3 Å². The number of esters is 2.